The Labute approximate surface area is 108 Å². The minimum Gasteiger partial charge on any atom is -0.331 e. The Balaban J connectivity index is 2.45. The summed E-state index contributed by atoms with van der Waals surface area (Å²) < 4.78 is 39.5. The second kappa shape index (κ2) is 5.05. The minimum atomic E-state index is -4.42. The third-order valence-electron chi connectivity index (χ3n) is 2.86. The molecule has 0 aliphatic rings. The zero-order valence-corrected chi connectivity index (χ0v) is 10.4. The Kier molecular flexibility index (Phi) is 3.61. The minimum absolute atomic E-state index is 0.318. The number of hydrogen-bond donors (Lipinski definition) is 1. The number of nitrogens with two attached hydrogens (primary N) is 1. The standard InChI is InChI=1S/C13H14F3N3/c1-2-19-8-11(13(14,15)16)18-12(19)10-5-3-9(7-17)4-6-10/h3-6,8H,2,7,17H2,1H3. The quantitative estimate of drug-likeness (QED) is 0.930. The molecule has 0 fully saturated rings. The highest BCUT2D eigenvalue weighted by atomic mass is 19.4. The molecule has 0 aliphatic heterocycles. The first kappa shape index (κ1) is 13.6. The van der Waals surface area contributed by atoms with Crippen LogP contribution in [-0.4, -0.2) is 9.55 Å². The molecule has 19 heavy (non-hydrogen) atoms. The van der Waals surface area contributed by atoms with Crippen LogP contribution in [0.5, 0.6) is 0 Å². The first-order chi connectivity index (χ1) is 8.95. The lowest BCUT2D eigenvalue weighted by atomic mass is 10.1. The number of aromatic nitrogens is 2. The molecule has 2 aromatic rings. The molecule has 0 bridgehead atoms. The number of aryl methyl sites for hydroxylation is 1. The molecule has 0 spiro atoms. The molecule has 102 valence electrons. The van der Waals surface area contributed by atoms with E-state index in [0.29, 0.717) is 24.5 Å². The van der Waals surface area contributed by atoms with Gasteiger partial charge in [-0.2, -0.15) is 13.2 Å². The van der Waals surface area contributed by atoms with E-state index in [1.54, 1.807) is 31.2 Å². The number of alkyl halides is 3. The topological polar surface area (TPSA) is 43.8 Å². The first-order valence-electron chi connectivity index (χ1n) is 5.89. The third kappa shape index (κ3) is 2.78. The van der Waals surface area contributed by atoms with E-state index in [9.17, 15) is 13.2 Å². The summed E-state index contributed by atoms with van der Waals surface area (Å²) in [6.07, 6.45) is -3.39. The van der Waals surface area contributed by atoms with E-state index in [1.165, 1.54) is 4.57 Å². The number of rotatable bonds is 3. The summed E-state index contributed by atoms with van der Waals surface area (Å²) in [5.41, 5.74) is 6.19. The lowest BCUT2D eigenvalue weighted by Gasteiger charge is -2.05. The maximum absolute atomic E-state index is 12.7. The number of imidazole rings is 1. The molecule has 3 nitrogen and oxygen atoms in total. The molecule has 0 radical (unpaired) electrons. The fraction of sp³-hybridized carbons (Fsp3) is 0.308. The molecule has 1 aromatic heterocycles. The largest absolute Gasteiger partial charge is 0.434 e. The summed E-state index contributed by atoms with van der Waals surface area (Å²) in [6, 6.07) is 7.04. The Hall–Kier alpha value is -1.82. The van der Waals surface area contributed by atoms with Crippen LogP contribution in [0.2, 0.25) is 0 Å². The van der Waals surface area contributed by atoms with E-state index in [0.717, 1.165) is 11.8 Å². The van der Waals surface area contributed by atoms with Gasteiger partial charge in [-0.05, 0) is 12.5 Å². The van der Waals surface area contributed by atoms with Crippen molar-refractivity contribution in [3.63, 3.8) is 0 Å². The van der Waals surface area contributed by atoms with Gasteiger partial charge in [0.05, 0.1) is 0 Å². The van der Waals surface area contributed by atoms with E-state index in [4.69, 9.17) is 5.73 Å². The monoisotopic (exact) mass is 269 g/mol. The molecule has 0 saturated heterocycles. The molecule has 1 heterocycles. The summed E-state index contributed by atoms with van der Waals surface area (Å²) in [6.45, 7) is 2.60. The van der Waals surface area contributed by atoms with E-state index in [2.05, 4.69) is 4.98 Å². The summed E-state index contributed by atoms with van der Waals surface area (Å²) in [4.78, 5) is 3.68. The van der Waals surface area contributed by atoms with E-state index in [1.807, 2.05) is 0 Å². The van der Waals surface area contributed by atoms with Gasteiger partial charge in [0.15, 0.2) is 5.69 Å². The van der Waals surface area contributed by atoms with Gasteiger partial charge in [0, 0.05) is 24.8 Å². The van der Waals surface area contributed by atoms with Crippen LogP contribution in [0.4, 0.5) is 13.2 Å². The van der Waals surface area contributed by atoms with Crippen LogP contribution >= 0.6 is 0 Å². The molecule has 0 atom stereocenters. The number of halogens is 3. The molecule has 0 amide bonds. The predicted octanol–water partition coefficient (Wildman–Crippen LogP) is 3.05. The van der Waals surface area contributed by atoms with Crippen LogP contribution in [0.3, 0.4) is 0 Å². The molecule has 2 N–H and O–H groups in total. The lowest BCUT2D eigenvalue weighted by Crippen LogP contribution is -2.05. The molecular weight excluding hydrogens is 255 g/mol. The molecule has 0 aliphatic carbocycles. The predicted molar refractivity (Wildman–Crippen MR) is 66.2 cm³/mol. The molecule has 0 saturated carbocycles. The Morgan fingerprint density at radius 1 is 1.21 bits per heavy atom. The highest BCUT2D eigenvalue weighted by Gasteiger charge is 2.34. The van der Waals surface area contributed by atoms with Crippen molar-refractivity contribution >= 4 is 0 Å². The normalized spacial score (nSPS) is 11.8. The average molecular weight is 269 g/mol. The van der Waals surface area contributed by atoms with Crippen LogP contribution in [0.1, 0.15) is 18.2 Å². The Morgan fingerprint density at radius 3 is 2.32 bits per heavy atom. The number of nitrogens with zero attached hydrogens (tertiary/aromatic N) is 2. The number of benzene rings is 1. The zero-order valence-electron chi connectivity index (χ0n) is 10.4. The van der Waals surface area contributed by atoms with Crippen molar-refractivity contribution in [1.29, 1.82) is 0 Å². The van der Waals surface area contributed by atoms with Crippen molar-refractivity contribution in [2.75, 3.05) is 0 Å². The zero-order chi connectivity index (χ0) is 14.0. The summed E-state index contributed by atoms with van der Waals surface area (Å²) in [7, 11) is 0. The Morgan fingerprint density at radius 2 is 1.84 bits per heavy atom. The van der Waals surface area contributed by atoms with Crippen molar-refractivity contribution in [2.24, 2.45) is 5.73 Å². The van der Waals surface area contributed by atoms with Crippen molar-refractivity contribution in [3.8, 4) is 11.4 Å². The molecule has 2 rings (SSSR count). The van der Waals surface area contributed by atoms with Gasteiger partial charge in [-0.3, -0.25) is 0 Å². The molecule has 1 aromatic carbocycles. The van der Waals surface area contributed by atoms with Gasteiger partial charge in [0.1, 0.15) is 5.82 Å². The van der Waals surface area contributed by atoms with Crippen LogP contribution < -0.4 is 5.73 Å². The summed E-state index contributed by atoms with van der Waals surface area (Å²) in [5, 5.41) is 0. The maximum Gasteiger partial charge on any atom is 0.434 e. The smallest absolute Gasteiger partial charge is 0.331 e. The fourth-order valence-corrected chi connectivity index (χ4v) is 1.81. The van der Waals surface area contributed by atoms with Crippen molar-refractivity contribution in [3.05, 3.63) is 41.7 Å². The molecule has 0 unspecified atom stereocenters. The van der Waals surface area contributed by atoms with Gasteiger partial charge in [-0.15, -0.1) is 0 Å². The third-order valence-corrected chi connectivity index (χ3v) is 2.86. The molecule has 6 heteroatoms. The van der Waals surface area contributed by atoms with E-state index in [-0.39, 0.29) is 0 Å². The van der Waals surface area contributed by atoms with Crippen molar-refractivity contribution in [1.82, 2.24) is 9.55 Å². The summed E-state index contributed by atoms with van der Waals surface area (Å²) >= 11 is 0. The van der Waals surface area contributed by atoms with Gasteiger partial charge in [0.25, 0.3) is 0 Å². The SMILES string of the molecule is CCn1cc(C(F)(F)F)nc1-c1ccc(CN)cc1. The van der Waals surface area contributed by atoms with Gasteiger partial charge in [-0.25, -0.2) is 4.98 Å². The highest BCUT2D eigenvalue weighted by molar-refractivity contribution is 5.56. The van der Waals surface area contributed by atoms with Crippen molar-refractivity contribution in [2.45, 2.75) is 26.2 Å². The van der Waals surface area contributed by atoms with Gasteiger partial charge >= 0.3 is 6.18 Å². The van der Waals surface area contributed by atoms with Crippen LogP contribution in [0.25, 0.3) is 11.4 Å². The molecular formula is C13H14F3N3. The first-order valence-corrected chi connectivity index (χ1v) is 5.89. The average Bonchev–Trinajstić information content (AvgIpc) is 2.83. The van der Waals surface area contributed by atoms with Gasteiger partial charge in [-0.1, -0.05) is 24.3 Å². The fourth-order valence-electron chi connectivity index (χ4n) is 1.81. The lowest BCUT2D eigenvalue weighted by molar-refractivity contribution is -0.140. The van der Waals surface area contributed by atoms with Crippen molar-refractivity contribution < 1.29 is 13.2 Å². The summed E-state index contributed by atoms with van der Waals surface area (Å²) in [5.74, 6) is 0.318. The van der Waals surface area contributed by atoms with Gasteiger partial charge in [0.2, 0.25) is 0 Å². The van der Waals surface area contributed by atoms with Crippen LogP contribution in [-0.2, 0) is 19.3 Å². The maximum atomic E-state index is 12.7. The number of hydrogen-bond acceptors (Lipinski definition) is 2. The van der Waals surface area contributed by atoms with Crippen LogP contribution in [0, 0.1) is 0 Å². The van der Waals surface area contributed by atoms with E-state index >= 15 is 0 Å². The van der Waals surface area contributed by atoms with E-state index < -0.39 is 11.9 Å². The van der Waals surface area contributed by atoms with Gasteiger partial charge < -0.3 is 10.3 Å². The highest BCUT2D eigenvalue weighted by Crippen LogP contribution is 2.31. The Bertz CT molecular complexity index is 556. The second-order valence-electron chi connectivity index (χ2n) is 4.13. The van der Waals surface area contributed by atoms with Crippen LogP contribution in [0.15, 0.2) is 30.5 Å². The second-order valence-corrected chi connectivity index (χ2v) is 4.13.